The first-order valence-electron chi connectivity index (χ1n) is 33.5. The molecule has 0 N–H and O–H groups in total. The lowest BCUT2D eigenvalue weighted by Crippen LogP contribution is -1.86. The van der Waals surface area contributed by atoms with E-state index >= 15 is 0 Å². The fourth-order valence-corrected chi connectivity index (χ4v) is 9.90. The molecule has 16 heterocycles. The van der Waals surface area contributed by atoms with E-state index in [0.29, 0.717) is 0 Å². The van der Waals surface area contributed by atoms with E-state index in [2.05, 4.69) is 123 Å². The highest BCUT2D eigenvalue weighted by Gasteiger charge is 2.04. The third-order valence-electron chi connectivity index (χ3n) is 15.0. The summed E-state index contributed by atoms with van der Waals surface area (Å²) in [7, 11) is 0. The van der Waals surface area contributed by atoms with Crippen molar-refractivity contribution in [2.24, 2.45) is 0 Å². The molecule has 16 aromatic heterocycles. The SMILES string of the molecule is Cc1cc(-c2ccccn2)ccn1.Cc1cc(-c2cccnc2)ccn1.Cc1cc(-c2ccncc2)ccn1.Cc1ccnc(-c2ccccn2)c1.Cc1ccnc(-c2cccnc2)c1.Cc1cncc(-c2ccccn2)c1.Cc1cncc(-c2cccnc2)c1.Cc1cncc(-c2ccncc2)c1. The van der Waals surface area contributed by atoms with Gasteiger partial charge in [0.25, 0.3) is 0 Å². The van der Waals surface area contributed by atoms with Crippen molar-refractivity contribution in [2.45, 2.75) is 55.4 Å². The number of pyridine rings is 16. The molecule has 0 aliphatic carbocycles. The Labute approximate surface area is 609 Å². The minimum Gasteiger partial charge on any atom is -0.265 e. The van der Waals surface area contributed by atoms with Crippen LogP contribution in [0.5, 0.6) is 0 Å². The molecule has 0 radical (unpaired) electrons. The van der Waals surface area contributed by atoms with Crippen LogP contribution in [0.1, 0.15) is 44.9 Å². The molecule has 0 atom stereocenters. The van der Waals surface area contributed by atoms with Gasteiger partial charge < -0.3 is 0 Å². The molecular weight excluding hydrogens is 1280 g/mol. The van der Waals surface area contributed by atoms with Crippen LogP contribution in [0.2, 0.25) is 0 Å². The van der Waals surface area contributed by atoms with Crippen LogP contribution in [0.15, 0.2) is 343 Å². The molecule has 16 nitrogen and oxygen atoms in total. The molecule has 0 amide bonds. The van der Waals surface area contributed by atoms with Gasteiger partial charge in [-0.1, -0.05) is 30.3 Å². The Balaban J connectivity index is 0.000000138. The summed E-state index contributed by atoms with van der Waals surface area (Å²) in [6.07, 6.45) is 43.5. The Hall–Kier alpha value is -13.6. The van der Waals surface area contributed by atoms with Gasteiger partial charge >= 0.3 is 0 Å². The van der Waals surface area contributed by atoms with Crippen LogP contribution < -0.4 is 0 Å². The molecule has 512 valence electrons. The highest BCUT2D eigenvalue weighted by molar-refractivity contribution is 5.66. The van der Waals surface area contributed by atoms with Crippen LogP contribution in [-0.4, -0.2) is 79.7 Å². The lowest BCUT2D eigenvalue weighted by molar-refractivity contribution is 1.19. The molecule has 0 unspecified atom stereocenters. The number of aryl methyl sites for hydroxylation is 8. The zero-order valence-corrected chi connectivity index (χ0v) is 59.5. The number of aromatic nitrogens is 16. The maximum Gasteiger partial charge on any atom is 0.0888 e. The first kappa shape index (κ1) is 74.6. The topological polar surface area (TPSA) is 206 Å². The van der Waals surface area contributed by atoms with Gasteiger partial charge in [0.05, 0.1) is 28.5 Å². The van der Waals surface area contributed by atoms with Crippen molar-refractivity contribution in [3.63, 3.8) is 0 Å². The average Bonchev–Trinajstić information content (AvgIpc) is 0.975. The summed E-state index contributed by atoms with van der Waals surface area (Å²) in [6, 6.07) is 63.9. The molecule has 0 saturated carbocycles. The van der Waals surface area contributed by atoms with E-state index in [9.17, 15) is 0 Å². The van der Waals surface area contributed by atoms with Crippen LogP contribution >= 0.6 is 0 Å². The standard InChI is InChI=1S/8C11H10N2/c1-9-8-11(4-7-13-9)10-2-5-12-6-3-10;1-9-6-11(8-13-7-9)10-2-4-12-5-3-10;1-9-7-10(4-6-13-9)11-3-2-5-12-8-11;1-9-4-6-13-11(7-9)10-3-2-5-12-8-10;1-9-5-11(8-13-6-9)10-3-2-4-12-7-10;1-9-8-10(5-7-12-9)11-4-2-3-6-13-11;1-9-5-7-13-11(8-9)10-4-2-3-6-12-10;1-9-6-10(8-12-7-9)11-4-2-3-5-13-11/h8*2-8H,1H3. The molecule has 16 heteroatoms. The predicted molar refractivity (Wildman–Crippen MR) is 418 cm³/mol. The second-order valence-corrected chi connectivity index (χ2v) is 23.6. The van der Waals surface area contributed by atoms with E-state index in [1.54, 1.807) is 74.4 Å². The molecule has 0 aliphatic rings. The van der Waals surface area contributed by atoms with Crippen molar-refractivity contribution in [3.8, 4) is 89.7 Å². The average molecular weight is 1360 g/mol. The minimum atomic E-state index is 0.922. The third-order valence-corrected chi connectivity index (χ3v) is 15.0. The highest BCUT2D eigenvalue weighted by atomic mass is 14.8. The summed E-state index contributed by atoms with van der Waals surface area (Å²) in [4.78, 5) is 66.2. The van der Waals surface area contributed by atoms with Gasteiger partial charge in [0.15, 0.2) is 0 Å². The first-order valence-corrected chi connectivity index (χ1v) is 33.5. The van der Waals surface area contributed by atoms with Gasteiger partial charge in [-0.15, -0.1) is 0 Å². The lowest BCUT2D eigenvalue weighted by atomic mass is 10.1. The van der Waals surface area contributed by atoms with Crippen LogP contribution in [0.25, 0.3) is 89.7 Å². The number of nitrogens with zero attached hydrogens (tertiary/aromatic N) is 16. The van der Waals surface area contributed by atoms with E-state index < -0.39 is 0 Å². The monoisotopic (exact) mass is 1360 g/mol. The molecule has 16 rings (SSSR count). The molecule has 16 aromatic rings. The summed E-state index contributed by atoms with van der Waals surface area (Å²) in [5.74, 6) is 0. The molecule has 0 aliphatic heterocycles. The lowest BCUT2D eigenvalue weighted by Gasteiger charge is -2.00. The summed E-state index contributed by atoms with van der Waals surface area (Å²) < 4.78 is 0. The zero-order chi connectivity index (χ0) is 72.8. The smallest absolute Gasteiger partial charge is 0.0888 e. The molecule has 0 saturated heterocycles. The van der Waals surface area contributed by atoms with Crippen molar-refractivity contribution in [1.82, 2.24) is 79.7 Å². The van der Waals surface area contributed by atoms with E-state index in [1.165, 1.54) is 38.9 Å². The Morgan fingerprint density at radius 3 is 0.923 bits per heavy atom. The molecule has 104 heavy (non-hydrogen) atoms. The van der Waals surface area contributed by atoms with Gasteiger partial charge in [0.2, 0.25) is 0 Å². The predicted octanol–water partition coefficient (Wildman–Crippen LogP) is 19.6. The molecule has 0 aromatic carbocycles. The third kappa shape index (κ3) is 25.6. The van der Waals surface area contributed by atoms with Gasteiger partial charge in [0.1, 0.15) is 0 Å². The summed E-state index contributed by atoms with van der Waals surface area (Å²) in [6.45, 7) is 16.2. The zero-order valence-electron chi connectivity index (χ0n) is 59.5. The summed E-state index contributed by atoms with van der Waals surface area (Å²) in [5.41, 5.74) is 26.2. The van der Waals surface area contributed by atoms with Crippen molar-refractivity contribution in [1.29, 1.82) is 0 Å². The fourth-order valence-electron chi connectivity index (χ4n) is 9.90. The van der Waals surface area contributed by atoms with Crippen molar-refractivity contribution < 1.29 is 0 Å². The summed E-state index contributed by atoms with van der Waals surface area (Å²) >= 11 is 0. The Morgan fingerprint density at radius 1 is 0.154 bits per heavy atom. The van der Waals surface area contributed by atoms with Crippen LogP contribution in [0.3, 0.4) is 0 Å². The van der Waals surface area contributed by atoms with Crippen molar-refractivity contribution in [2.75, 3.05) is 0 Å². The van der Waals surface area contributed by atoms with E-state index in [0.717, 1.165) is 95.6 Å². The second-order valence-electron chi connectivity index (χ2n) is 23.6. The van der Waals surface area contributed by atoms with Gasteiger partial charge in [-0.05, 0) is 269 Å². The Bertz CT molecular complexity index is 4140. The second kappa shape index (κ2) is 41.1. The molecule has 0 fully saturated rings. The van der Waals surface area contributed by atoms with E-state index in [1.807, 2.05) is 281 Å². The van der Waals surface area contributed by atoms with E-state index in [-0.39, 0.29) is 0 Å². The minimum absolute atomic E-state index is 0.922. The van der Waals surface area contributed by atoms with Gasteiger partial charge in [-0.2, -0.15) is 0 Å². The maximum absolute atomic E-state index is 4.27. The Morgan fingerprint density at radius 2 is 0.490 bits per heavy atom. The van der Waals surface area contributed by atoms with Crippen LogP contribution in [0, 0.1) is 55.4 Å². The molecular formula is C88H80N16. The van der Waals surface area contributed by atoms with E-state index in [4.69, 9.17) is 0 Å². The molecule has 0 spiro atoms. The quantitative estimate of drug-likeness (QED) is 0.139. The number of hydrogen-bond acceptors (Lipinski definition) is 16. The normalized spacial score (nSPS) is 9.92. The fraction of sp³-hybridized carbons (Fsp3) is 0.0909. The Kier molecular flexibility index (Phi) is 29.5. The summed E-state index contributed by atoms with van der Waals surface area (Å²) in [5, 5.41) is 0. The number of rotatable bonds is 8. The van der Waals surface area contributed by atoms with Gasteiger partial charge in [0, 0.05) is 205 Å². The van der Waals surface area contributed by atoms with Gasteiger partial charge in [-0.3, -0.25) is 79.7 Å². The van der Waals surface area contributed by atoms with Crippen molar-refractivity contribution in [3.05, 3.63) is 388 Å². The largest absolute Gasteiger partial charge is 0.265 e. The number of hydrogen-bond donors (Lipinski definition) is 0. The first-order chi connectivity index (χ1) is 50.9. The van der Waals surface area contributed by atoms with Gasteiger partial charge in [-0.25, -0.2) is 0 Å². The molecule has 0 bridgehead atoms. The highest BCUT2D eigenvalue weighted by Crippen LogP contribution is 2.23. The van der Waals surface area contributed by atoms with Crippen LogP contribution in [0.4, 0.5) is 0 Å². The maximum atomic E-state index is 4.27. The van der Waals surface area contributed by atoms with Crippen LogP contribution in [-0.2, 0) is 0 Å². The van der Waals surface area contributed by atoms with Crippen molar-refractivity contribution >= 4 is 0 Å².